The van der Waals surface area contributed by atoms with Gasteiger partial charge in [-0.05, 0) is 56.4 Å². The SMILES string of the molecule is NC(=O)[C@@H](O)C[C@H]1CCc2sc3ncnc(OC4CCC(N)CC4)c3c21. The zero-order chi connectivity index (χ0) is 18.3. The van der Waals surface area contributed by atoms with E-state index in [4.69, 9.17) is 16.2 Å². The second kappa shape index (κ2) is 7.09. The van der Waals surface area contributed by atoms with Crippen LogP contribution in [0.4, 0.5) is 0 Å². The Morgan fingerprint density at radius 1 is 1.31 bits per heavy atom. The maximum atomic E-state index is 11.3. The number of carbonyl (C=O) groups excluding carboxylic acids is 1. The van der Waals surface area contributed by atoms with Crippen molar-refractivity contribution in [1.82, 2.24) is 9.97 Å². The highest BCUT2D eigenvalue weighted by Gasteiger charge is 2.33. The summed E-state index contributed by atoms with van der Waals surface area (Å²) in [5, 5.41) is 10.9. The maximum Gasteiger partial charge on any atom is 0.246 e. The number of carbonyl (C=O) groups is 1. The van der Waals surface area contributed by atoms with Crippen LogP contribution in [-0.4, -0.2) is 39.2 Å². The normalized spacial score (nSPS) is 26.6. The van der Waals surface area contributed by atoms with Gasteiger partial charge in [0.25, 0.3) is 0 Å². The zero-order valence-electron chi connectivity index (χ0n) is 14.6. The van der Waals surface area contributed by atoms with Crippen molar-refractivity contribution in [2.75, 3.05) is 0 Å². The van der Waals surface area contributed by atoms with Gasteiger partial charge >= 0.3 is 0 Å². The molecule has 0 spiro atoms. The van der Waals surface area contributed by atoms with Crippen LogP contribution in [0.1, 0.15) is 54.9 Å². The number of rotatable bonds is 5. The third-order valence-corrected chi connectivity index (χ3v) is 6.70. The maximum absolute atomic E-state index is 11.3. The summed E-state index contributed by atoms with van der Waals surface area (Å²) in [6.07, 6.45) is 6.49. The van der Waals surface area contributed by atoms with Gasteiger partial charge in [-0.25, -0.2) is 9.97 Å². The fourth-order valence-electron chi connectivity index (χ4n) is 4.12. The fraction of sp³-hybridized carbons (Fsp3) is 0.611. The van der Waals surface area contributed by atoms with Gasteiger partial charge < -0.3 is 21.3 Å². The van der Waals surface area contributed by atoms with Crippen LogP contribution >= 0.6 is 11.3 Å². The van der Waals surface area contributed by atoms with E-state index < -0.39 is 12.0 Å². The highest BCUT2D eigenvalue weighted by molar-refractivity contribution is 7.19. The number of fused-ring (bicyclic) bond motifs is 3. The highest BCUT2D eigenvalue weighted by Crippen LogP contribution is 2.47. The number of hydrogen-bond donors (Lipinski definition) is 3. The summed E-state index contributed by atoms with van der Waals surface area (Å²) in [5.41, 5.74) is 12.4. The van der Waals surface area contributed by atoms with Gasteiger partial charge in [-0.1, -0.05) is 0 Å². The lowest BCUT2D eigenvalue weighted by Crippen LogP contribution is -2.32. The van der Waals surface area contributed by atoms with Crippen LogP contribution in [-0.2, 0) is 11.2 Å². The molecule has 8 heteroatoms. The van der Waals surface area contributed by atoms with Gasteiger partial charge in [0.1, 0.15) is 23.4 Å². The predicted molar refractivity (Wildman–Crippen MR) is 99.2 cm³/mol. The van der Waals surface area contributed by atoms with Gasteiger partial charge in [0.15, 0.2) is 0 Å². The van der Waals surface area contributed by atoms with E-state index in [1.54, 1.807) is 17.7 Å². The number of aromatic nitrogens is 2. The van der Waals surface area contributed by atoms with Crippen LogP contribution in [0.25, 0.3) is 10.2 Å². The van der Waals surface area contributed by atoms with E-state index in [-0.39, 0.29) is 18.1 Å². The van der Waals surface area contributed by atoms with Crippen molar-refractivity contribution in [3.05, 3.63) is 16.8 Å². The fourth-order valence-corrected chi connectivity index (χ4v) is 5.35. The lowest BCUT2D eigenvalue weighted by atomic mass is 9.93. The minimum atomic E-state index is -1.13. The van der Waals surface area contributed by atoms with Crippen molar-refractivity contribution in [2.24, 2.45) is 11.5 Å². The summed E-state index contributed by atoms with van der Waals surface area (Å²) >= 11 is 1.65. The van der Waals surface area contributed by atoms with Crippen LogP contribution in [0.3, 0.4) is 0 Å². The number of aliphatic hydroxyl groups is 1. The molecule has 26 heavy (non-hydrogen) atoms. The lowest BCUT2D eigenvalue weighted by molar-refractivity contribution is -0.126. The molecule has 2 aromatic heterocycles. The van der Waals surface area contributed by atoms with E-state index in [1.807, 2.05) is 0 Å². The van der Waals surface area contributed by atoms with Gasteiger partial charge in [-0.2, -0.15) is 0 Å². The molecule has 5 N–H and O–H groups in total. The van der Waals surface area contributed by atoms with Gasteiger partial charge in [0, 0.05) is 10.9 Å². The molecule has 0 aliphatic heterocycles. The molecule has 2 atom stereocenters. The van der Waals surface area contributed by atoms with E-state index in [0.29, 0.717) is 12.3 Å². The number of nitrogens with zero attached hydrogens (tertiary/aromatic N) is 2. The Labute approximate surface area is 155 Å². The lowest BCUT2D eigenvalue weighted by Gasteiger charge is -2.26. The van der Waals surface area contributed by atoms with Crippen LogP contribution in [0, 0.1) is 0 Å². The van der Waals surface area contributed by atoms with E-state index in [2.05, 4.69) is 9.97 Å². The number of thiophene rings is 1. The average molecular weight is 376 g/mol. The van der Waals surface area contributed by atoms with Crippen molar-refractivity contribution < 1.29 is 14.6 Å². The summed E-state index contributed by atoms with van der Waals surface area (Å²) in [5.74, 6) is 0.0204. The first-order chi connectivity index (χ1) is 12.5. The number of ether oxygens (including phenoxy) is 1. The number of amides is 1. The van der Waals surface area contributed by atoms with Crippen LogP contribution < -0.4 is 16.2 Å². The van der Waals surface area contributed by atoms with Gasteiger partial charge in [-0.3, -0.25) is 4.79 Å². The Morgan fingerprint density at radius 2 is 2.08 bits per heavy atom. The molecular weight excluding hydrogens is 352 g/mol. The first kappa shape index (κ1) is 17.6. The summed E-state index contributed by atoms with van der Waals surface area (Å²) in [7, 11) is 0. The second-order valence-corrected chi connectivity index (χ2v) is 8.43. The predicted octanol–water partition coefficient (Wildman–Crippen LogP) is 1.61. The van der Waals surface area contributed by atoms with Crippen LogP contribution in [0.15, 0.2) is 6.33 Å². The van der Waals surface area contributed by atoms with Crippen LogP contribution in [0.5, 0.6) is 5.88 Å². The molecule has 2 heterocycles. The smallest absolute Gasteiger partial charge is 0.246 e. The average Bonchev–Trinajstić information content (AvgIpc) is 3.17. The molecular formula is C18H24N4O3S. The molecule has 2 aromatic rings. The number of aliphatic hydroxyl groups excluding tert-OH is 1. The van der Waals surface area contributed by atoms with E-state index >= 15 is 0 Å². The largest absolute Gasteiger partial charge is 0.474 e. The molecule has 0 bridgehead atoms. The number of primary amides is 1. The molecule has 4 rings (SSSR count). The molecule has 0 unspecified atom stereocenters. The summed E-state index contributed by atoms with van der Waals surface area (Å²) in [6.45, 7) is 0. The Bertz CT molecular complexity index is 816. The molecule has 7 nitrogen and oxygen atoms in total. The Balaban J connectivity index is 1.64. The second-order valence-electron chi connectivity index (χ2n) is 7.34. The van der Waals surface area contributed by atoms with Gasteiger partial charge in [-0.15, -0.1) is 11.3 Å². The van der Waals surface area contributed by atoms with Crippen molar-refractivity contribution in [3.63, 3.8) is 0 Å². The molecule has 140 valence electrons. The van der Waals surface area contributed by atoms with Gasteiger partial charge in [0.2, 0.25) is 11.8 Å². The Morgan fingerprint density at radius 3 is 2.81 bits per heavy atom. The van der Waals surface area contributed by atoms with Crippen molar-refractivity contribution in [3.8, 4) is 5.88 Å². The zero-order valence-corrected chi connectivity index (χ0v) is 15.4. The first-order valence-electron chi connectivity index (χ1n) is 9.18. The first-order valence-corrected chi connectivity index (χ1v) is 10.0. The Hall–Kier alpha value is -1.77. The monoisotopic (exact) mass is 376 g/mol. The standard InChI is InChI=1S/C18H24N4O3S/c19-10-2-4-11(5-3-10)25-17-15-14-9(7-12(23)16(20)24)1-6-13(14)26-18(15)22-8-21-17/h8-12,23H,1-7,19H2,(H2,20,24)/t9-,10?,11?,12+/m1/s1. The molecule has 2 aliphatic rings. The molecule has 0 aromatic carbocycles. The van der Waals surface area contributed by atoms with Crippen molar-refractivity contribution in [1.29, 1.82) is 0 Å². The Kier molecular flexibility index (Phi) is 4.81. The topological polar surface area (TPSA) is 124 Å². The number of aryl methyl sites for hydroxylation is 1. The summed E-state index contributed by atoms with van der Waals surface area (Å²) < 4.78 is 6.25. The van der Waals surface area contributed by atoms with Crippen LogP contribution in [0.2, 0.25) is 0 Å². The number of nitrogens with two attached hydrogens (primary N) is 2. The molecule has 0 radical (unpaired) electrons. The molecule has 1 saturated carbocycles. The molecule has 2 aliphatic carbocycles. The van der Waals surface area contributed by atoms with E-state index in [0.717, 1.165) is 54.3 Å². The highest BCUT2D eigenvalue weighted by atomic mass is 32.1. The minimum absolute atomic E-state index is 0.0781. The van der Waals surface area contributed by atoms with Gasteiger partial charge in [0.05, 0.1) is 5.39 Å². The van der Waals surface area contributed by atoms with Crippen molar-refractivity contribution in [2.45, 2.75) is 69.1 Å². The van der Waals surface area contributed by atoms with Crippen molar-refractivity contribution >= 4 is 27.5 Å². The van der Waals surface area contributed by atoms with E-state index in [1.165, 1.54) is 4.88 Å². The third-order valence-electron chi connectivity index (χ3n) is 5.53. The molecule has 0 saturated heterocycles. The minimum Gasteiger partial charge on any atom is -0.474 e. The van der Waals surface area contributed by atoms with E-state index in [9.17, 15) is 9.90 Å². The molecule has 1 fully saturated rings. The quantitative estimate of drug-likeness (QED) is 0.728. The summed E-state index contributed by atoms with van der Waals surface area (Å²) in [6, 6.07) is 0.269. The molecule has 1 amide bonds. The third kappa shape index (κ3) is 3.28. The number of hydrogen-bond acceptors (Lipinski definition) is 7. The summed E-state index contributed by atoms with van der Waals surface area (Å²) in [4.78, 5) is 22.2.